The Morgan fingerprint density at radius 3 is 2.23 bits per heavy atom. The summed E-state index contributed by atoms with van der Waals surface area (Å²) in [5, 5.41) is 0. The molecule has 0 heterocycles. The predicted molar refractivity (Wildman–Crippen MR) is 56.6 cm³/mol. The molecule has 0 saturated heterocycles. The van der Waals surface area contributed by atoms with Crippen LogP contribution in [0.1, 0.15) is 40.0 Å². The molecule has 0 N–H and O–H groups in total. The van der Waals surface area contributed by atoms with E-state index in [0.717, 1.165) is 25.9 Å². The van der Waals surface area contributed by atoms with Gasteiger partial charge in [0.1, 0.15) is 0 Å². The van der Waals surface area contributed by atoms with E-state index >= 15 is 0 Å². The van der Waals surface area contributed by atoms with Gasteiger partial charge < -0.3 is 4.90 Å². The van der Waals surface area contributed by atoms with E-state index in [1.807, 2.05) is 24.8 Å². The minimum Gasteiger partial charge on any atom is -0.343 e. The lowest BCUT2D eigenvalue weighted by atomic mass is 10.2. The van der Waals surface area contributed by atoms with Crippen LogP contribution >= 0.6 is 0 Å². The molecule has 0 aromatic heterocycles. The summed E-state index contributed by atoms with van der Waals surface area (Å²) in [4.78, 5) is 13.3. The summed E-state index contributed by atoms with van der Waals surface area (Å²) in [6, 6.07) is 0. The molecule has 0 bridgehead atoms. The summed E-state index contributed by atoms with van der Waals surface area (Å²) in [5.74, 6) is 0.234. The number of rotatable bonds is 6. The van der Waals surface area contributed by atoms with Crippen molar-refractivity contribution in [1.29, 1.82) is 0 Å². The molecule has 0 rings (SSSR count). The number of carbonyl (C=O) groups excluding carboxylic acids is 1. The molecule has 1 amide bonds. The maximum Gasteiger partial charge on any atom is 0.226 e. The zero-order valence-corrected chi connectivity index (χ0v) is 9.05. The van der Waals surface area contributed by atoms with E-state index in [2.05, 4.69) is 13.0 Å². The molecular formula is C11H21NO. The van der Waals surface area contributed by atoms with E-state index in [-0.39, 0.29) is 5.91 Å². The molecule has 2 nitrogen and oxygen atoms in total. The summed E-state index contributed by atoms with van der Waals surface area (Å²) >= 11 is 0. The minimum absolute atomic E-state index is 0.234. The lowest BCUT2D eigenvalue weighted by Crippen LogP contribution is -2.29. The molecule has 0 fully saturated rings. The first-order chi connectivity index (χ1) is 6.26. The van der Waals surface area contributed by atoms with Crippen LogP contribution in [0.25, 0.3) is 0 Å². The van der Waals surface area contributed by atoms with Crippen molar-refractivity contribution in [3.63, 3.8) is 0 Å². The second-order valence-electron chi connectivity index (χ2n) is 3.03. The van der Waals surface area contributed by atoms with Crippen molar-refractivity contribution in [2.45, 2.75) is 40.0 Å². The number of carbonyl (C=O) groups is 1. The third-order valence-corrected chi connectivity index (χ3v) is 2.03. The zero-order chi connectivity index (χ0) is 10.1. The molecule has 0 aliphatic rings. The molecule has 0 saturated carbocycles. The van der Waals surface area contributed by atoms with E-state index in [0.29, 0.717) is 6.42 Å². The number of amides is 1. The Bertz CT molecular complexity index is 159. The smallest absolute Gasteiger partial charge is 0.226 e. The van der Waals surface area contributed by atoms with Gasteiger partial charge in [-0.2, -0.15) is 0 Å². The highest BCUT2D eigenvalue weighted by Gasteiger charge is 2.05. The van der Waals surface area contributed by atoms with Gasteiger partial charge in [-0.25, -0.2) is 0 Å². The Labute approximate surface area is 81.6 Å². The average Bonchev–Trinajstić information content (AvgIpc) is 2.14. The molecule has 0 radical (unpaired) electrons. The third-order valence-electron chi connectivity index (χ3n) is 2.03. The maximum atomic E-state index is 11.4. The second kappa shape index (κ2) is 7.84. The van der Waals surface area contributed by atoms with Gasteiger partial charge >= 0.3 is 0 Å². The molecule has 0 aliphatic heterocycles. The van der Waals surface area contributed by atoms with Crippen LogP contribution in [0.4, 0.5) is 0 Å². The van der Waals surface area contributed by atoms with Crippen molar-refractivity contribution < 1.29 is 4.79 Å². The largest absolute Gasteiger partial charge is 0.343 e. The highest BCUT2D eigenvalue weighted by atomic mass is 16.2. The van der Waals surface area contributed by atoms with Crippen molar-refractivity contribution >= 4 is 5.91 Å². The minimum atomic E-state index is 0.234. The van der Waals surface area contributed by atoms with Crippen molar-refractivity contribution in [2.75, 3.05) is 13.1 Å². The Hall–Kier alpha value is -0.790. The van der Waals surface area contributed by atoms with Gasteiger partial charge in [0, 0.05) is 19.5 Å². The van der Waals surface area contributed by atoms with Crippen molar-refractivity contribution in [3.05, 3.63) is 12.2 Å². The summed E-state index contributed by atoms with van der Waals surface area (Å²) < 4.78 is 0. The first-order valence-electron chi connectivity index (χ1n) is 5.18. The van der Waals surface area contributed by atoms with Gasteiger partial charge in [-0.15, -0.1) is 0 Å². The van der Waals surface area contributed by atoms with E-state index < -0.39 is 0 Å². The monoisotopic (exact) mass is 183 g/mol. The number of hydrogen-bond donors (Lipinski definition) is 0. The molecule has 76 valence electrons. The Balaban J connectivity index is 3.72. The SMILES string of the molecule is CCC/C=C/CC(=O)N(CC)CC. The van der Waals surface area contributed by atoms with Crippen LogP contribution in [0.2, 0.25) is 0 Å². The highest BCUT2D eigenvalue weighted by Crippen LogP contribution is 1.96. The fraction of sp³-hybridized carbons (Fsp3) is 0.727. The topological polar surface area (TPSA) is 20.3 Å². The maximum absolute atomic E-state index is 11.4. The molecule has 0 aromatic rings. The van der Waals surface area contributed by atoms with Gasteiger partial charge in [0.25, 0.3) is 0 Å². The molecule has 13 heavy (non-hydrogen) atoms. The first kappa shape index (κ1) is 12.2. The first-order valence-corrected chi connectivity index (χ1v) is 5.18. The molecule has 0 atom stereocenters. The Morgan fingerprint density at radius 1 is 1.15 bits per heavy atom. The number of hydrogen-bond acceptors (Lipinski definition) is 1. The lowest BCUT2D eigenvalue weighted by molar-refractivity contribution is -0.129. The number of allylic oxidation sites excluding steroid dienone is 1. The predicted octanol–water partition coefficient (Wildman–Crippen LogP) is 2.60. The molecular weight excluding hydrogens is 162 g/mol. The summed E-state index contributed by atoms with van der Waals surface area (Å²) in [5.41, 5.74) is 0. The van der Waals surface area contributed by atoms with E-state index in [4.69, 9.17) is 0 Å². The third kappa shape index (κ3) is 5.45. The molecule has 0 unspecified atom stereocenters. The molecule has 2 heteroatoms. The van der Waals surface area contributed by atoms with Crippen LogP contribution in [-0.2, 0) is 4.79 Å². The van der Waals surface area contributed by atoms with Crippen LogP contribution in [0.3, 0.4) is 0 Å². The van der Waals surface area contributed by atoms with Crippen LogP contribution in [0.15, 0.2) is 12.2 Å². The van der Waals surface area contributed by atoms with Gasteiger partial charge in [0.15, 0.2) is 0 Å². The lowest BCUT2D eigenvalue weighted by Gasteiger charge is -2.17. The van der Waals surface area contributed by atoms with Crippen LogP contribution < -0.4 is 0 Å². The van der Waals surface area contributed by atoms with Gasteiger partial charge in [0.2, 0.25) is 5.91 Å². The Morgan fingerprint density at radius 2 is 1.77 bits per heavy atom. The Kier molecular flexibility index (Phi) is 7.36. The van der Waals surface area contributed by atoms with Crippen LogP contribution in [-0.4, -0.2) is 23.9 Å². The molecule has 0 spiro atoms. The average molecular weight is 183 g/mol. The quantitative estimate of drug-likeness (QED) is 0.580. The van der Waals surface area contributed by atoms with Crippen LogP contribution in [0.5, 0.6) is 0 Å². The van der Waals surface area contributed by atoms with Crippen molar-refractivity contribution in [2.24, 2.45) is 0 Å². The van der Waals surface area contributed by atoms with E-state index in [1.54, 1.807) is 0 Å². The fourth-order valence-corrected chi connectivity index (χ4v) is 1.17. The summed E-state index contributed by atoms with van der Waals surface area (Å²) in [7, 11) is 0. The molecule has 0 aromatic carbocycles. The zero-order valence-electron chi connectivity index (χ0n) is 9.05. The van der Waals surface area contributed by atoms with Crippen LogP contribution in [0, 0.1) is 0 Å². The van der Waals surface area contributed by atoms with Gasteiger partial charge in [-0.05, 0) is 20.3 Å². The fourth-order valence-electron chi connectivity index (χ4n) is 1.17. The normalized spacial score (nSPS) is 10.7. The van der Waals surface area contributed by atoms with E-state index in [9.17, 15) is 4.79 Å². The van der Waals surface area contributed by atoms with Crippen molar-refractivity contribution in [1.82, 2.24) is 4.90 Å². The van der Waals surface area contributed by atoms with Crippen molar-refractivity contribution in [3.8, 4) is 0 Å². The highest BCUT2D eigenvalue weighted by molar-refractivity contribution is 5.77. The second-order valence-corrected chi connectivity index (χ2v) is 3.03. The summed E-state index contributed by atoms with van der Waals surface area (Å²) in [6.45, 7) is 7.79. The van der Waals surface area contributed by atoms with E-state index in [1.165, 1.54) is 0 Å². The van der Waals surface area contributed by atoms with Gasteiger partial charge in [0.05, 0.1) is 0 Å². The molecule has 0 aliphatic carbocycles. The number of nitrogens with zero attached hydrogens (tertiary/aromatic N) is 1. The summed E-state index contributed by atoms with van der Waals surface area (Å²) in [6.07, 6.45) is 6.84. The standard InChI is InChI=1S/C11H21NO/c1-4-7-8-9-10-11(13)12(5-2)6-3/h8-9H,4-7,10H2,1-3H3/b9-8+. The van der Waals surface area contributed by atoms with Gasteiger partial charge in [-0.3, -0.25) is 4.79 Å². The van der Waals surface area contributed by atoms with Gasteiger partial charge in [-0.1, -0.05) is 25.5 Å². The number of unbranched alkanes of at least 4 members (excludes halogenated alkanes) is 1.